The van der Waals surface area contributed by atoms with Crippen molar-refractivity contribution in [1.82, 2.24) is 5.06 Å². The molecule has 0 spiro atoms. The van der Waals surface area contributed by atoms with Crippen LogP contribution >= 0.6 is 0 Å². The average Bonchev–Trinajstić information content (AvgIpc) is 2.41. The fourth-order valence-corrected chi connectivity index (χ4v) is 2.15. The Morgan fingerprint density at radius 2 is 2.11 bits per heavy atom. The van der Waals surface area contributed by atoms with Gasteiger partial charge in [0, 0.05) is 13.5 Å². The molecule has 1 aromatic carbocycles. The number of carbonyl (C=O) groups excluding carboxylic acids is 2. The van der Waals surface area contributed by atoms with E-state index in [-0.39, 0.29) is 17.9 Å². The quantitative estimate of drug-likeness (QED) is 0.759. The van der Waals surface area contributed by atoms with Crippen LogP contribution in [-0.4, -0.2) is 30.1 Å². The molecular formula is C14H17NO4. The molecular weight excluding hydrogens is 246 g/mol. The lowest BCUT2D eigenvalue weighted by Crippen LogP contribution is -2.55. The molecule has 0 saturated carbocycles. The van der Waals surface area contributed by atoms with E-state index in [1.54, 1.807) is 0 Å². The molecule has 1 saturated heterocycles. The maximum atomic E-state index is 12.0. The molecule has 19 heavy (non-hydrogen) atoms. The SMILES string of the molecule is CCOC(c1ccccc1)[C@@H]1CN(OC(C)=O)C1=O. The van der Waals surface area contributed by atoms with Crippen molar-refractivity contribution in [3.8, 4) is 0 Å². The molecule has 1 aliphatic heterocycles. The lowest BCUT2D eigenvalue weighted by atomic mass is 9.89. The van der Waals surface area contributed by atoms with Gasteiger partial charge in [0.25, 0.3) is 5.91 Å². The molecule has 0 bridgehead atoms. The standard InChI is InChI=1S/C14H17NO4/c1-3-18-13(11-7-5-4-6-8-11)12-9-15(14(12)17)19-10(2)16/h4-8,12-13H,3,9H2,1-2H3/t12-,13?/m0/s1. The molecule has 5 nitrogen and oxygen atoms in total. The topological polar surface area (TPSA) is 55.8 Å². The first-order chi connectivity index (χ1) is 9.13. The van der Waals surface area contributed by atoms with Gasteiger partial charge in [-0.2, -0.15) is 5.06 Å². The largest absolute Gasteiger partial charge is 0.373 e. The highest BCUT2D eigenvalue weighted by Crippen LogP contribution is 2.34. The predicted molar refractivity (Wildman–Crippen MR) is 67.8 cm³/mol. The van der Waals surface area contributed by atoms with Crippen molar-refractivity contribution < 1.29 is 19.2 Å². The summed E-state index contributed by atoms with van der Waals surface area (Å²) in [4.78, 5) is 27.6. The zero-order valence-electron chi connectivity index (χ0n) is 11.0. The first-order valence-corrected chi connectivity index (χ1v) is 6.30. The predicted octanol–water partition coefficient (Wildman–Crippen LogP) is 1.70. The lowest BCUT2D eigenvalue weighted by molar-refractivity contribution is -0.228. The summed E-state index contributed by atoms with van der Waals surface area (Å²) in [6, 6.07) is 9.60. The van der Waals surface area contributed by atoms with E-state index < -0.39 is 5.97 Å². The maximum absolute atomic E-state index is 12.0. The highest BCUT2D eigenvalue weighted by atomic mass is 16.7. The van der Waals surface area contributed by atoms with Crippen molar-refractivity contribution in [2.75, 3.05) is 13.2 Å². The van der Waals surface area contributed by atoms with Crippen molar-refractivity contribution in [2.24, 2.45) is 5.92 Å². The number of rotatable bonds is 5. The van der Waals surface area contributed by atoms with E-state index in [2.05, 4.69) is 0 Å². The zero-order chi connectivity index (χ0) is 13.8. The molecule has 2 atom stereocenters. The minimum atomic E-state index is -0.487. The third-order valence-corrected chi connectivity index (χ3v) is 3.00. The Bertz CT molecular complexity index is 460. The first-order valence-electron chi connectivity index (χ1n) is 6.30. The number of carbonyl (C=O) groups is 2. The van der Waals surface area contributed by atoms with Crippen LogP contribution in [0.5, 0.6) is 0 Å². The van der Waals surface area contributed by atoms with Gasteiger partial charge in [-0.25, -0.2) is 0 Å². The summed E-state index contributed by atoms with van der Waals surface area (Å²) in [5, 5.41) is 1.09. The van der Waals surface area contributed by atoms with Gasteiger partial charge in [0.15, 0.2) is 0 Å². The fourth-order valence-electron chi connectivity index (χ4n) is 2.15. The number of hydroxylamine groups is 2. The van der Waals surface area contributed by atoms with E-state index in [1.807, 2.05) is 37.3 Å². The monoisotopic (exact) mass is 263 g/mol. The summed E-state index contributed by atoms with van der Waals surface area (Å²) in [5.74, 6) is -0.987. The molecule has 102 valence electrons. The van der Waals surface area contributed by atoms with Crippen molar-refractivity contribution in [3.05, 3.63) is 35.9 Å². The first kappa shape index (κ1) is 13.5. The van der Waals surface area contributed by atoms with E-state index in [1.165, 1.54) is 6.92 Å². The summed E-state index contributed by atoms with van der Waals surface area (Å²) in [6.07, 6.45) is -0.287. The molecule has 0 radical (unpaired) electrons. The number of amides is 1. The zero-order valence-corrected chi connectivity index (χ0v) is 11.0. The number of β-lactam (4-membered cyclic amide) rings is 1. The fraction of sp³-hybridized carbons (Fsp3) is 0.429. The number of nitrogens with zero attached hydrogens (tertiary/aromatic N) is 1. The molecule has 1 heterocycles. The minimum Gasteiger partial charge on any atom is -0.373 e. The van der Waals surface area contributed by atoms with Crippen LogP contribution in [0.2, 0.25) is 0 Å². The highest BCUT2D eigenvalue weighted by Gasteiger charge is 2.45. The van der Waals surface area contributed by atoms with Crippen molar-refractivity contribution in [2.45, 2.75) is 20.0 Å². The van der Waals surface area contributed by atoms with Crippen molar-refractivity contribution >= 4 is 11.9 Å². The van der Waals surface area contributed by atoms with Crippen LogP contribution in [0.1, 0.15) is 25.5 Å². The Morgan fingerprint density at radius 3 is 2.63 bits per heavy atom. The third kappa shape index (κ3) is 2.93. The second-order valence-corrected chi connectivity index (χ2v) is 4.38. The summed E-state index contributed by atoms with van der Waals surface area (Å²) in [7, 11) is 0. The molecule has 0 aliphatic carbocycles. The van der Waals surface area contributed by atoms with Gasteiger partial charge in [0.2, 0.25) is 0 Å². The van der Waals surface area contributed by atoms with Gasteiger partial charge in [-0.1, -0.05) is 30.3 Å². The van der Waals surface area contributed by atoms with Gasteiger partial charge in [-0.05, 0) is 12.5 Å². The Kier molecular flexibility index (Phi) is 4.16. The summed E-state index contributed by atoms with van der Waals surface area (Å²) < 4.78 is 5.67. The van der Waals surface area contributed by atoms with Crippen LogP contribution in [0, 0.1) is 5.92 Å². The van der Waals surface area contributed by atoms with E-state index in [0.29, 0.717) is 13.2 Å². The normalized spacial score (nSPS) is 19.8. The van der Waals surface area contributed by atoms with E-state index in [4.69, 9.17) is 9.57 Å². The van der Waals surface area contributed by atoms with Gasteiger partial charge in [-0.15, -0.1) is 0 Å². The highest BCUT2D eigenvalue weighted by molar-refractivity contribution is 5.85. The van der Waals surface area contributed by atoms with E-state index in [9.17, 15) is 9.59 Å². The van der Waals surface area contributed by atoms with E-state index in [0.717, 1.165) is 10.6 Å². The maximum Gasteiger partial charge on any atom is 0.329 e. The Morgan fingerprint density at radius 1 is 1.42 bits per heavy atom. The van der Waals surface area contributed by atoms with Crippen LogP contribution in [0.4, 0.5) is 0 Å². The van der Waals surface area contributed by atoms with E-state index >= 15 is 0 Å². The molecule has 1 unspecified atom stereocenters. The second kappa shape index (κ2) is 5.84. The van der Waals surface area contributed by atoms with Crippen LogP contribution < -0.4 is 0 Å². The summed E-state index contributed by atoms with van der Waals surface area (Å²) in [5.41, 5.74) is 0.963. The summed E-state index contributed by atoms with van der Waals surface area (Å²) in [6.45, 7) is 4.07. The van der Waals surface area contributed by atoms with Crippen molar-refractivity contribution in [3.63, 3.8) is 0 Å². The lowest BCUT2D eigenvalue weighted by Gasteiger charge is -2.39. The molecule has 1 aliphatic rings. The van der Waals surface area contributed by atoms with Crippen LogP contribution in [-0.2, 0) is 19.2 Å². The smallest absolute Gasteiger partial charge is 0.329 e. The number of hydrogen-bond acceptors (Lipinski definition) is 4. The molecule has 0 aromatic heterocycles. The molecule has 1 amide bonds. The van der Waals surface area contributed by atoms with Gasteiger partial charge in [-0.3, -0.25) is 9.59 Å². The Hall–Kier alpha value is -1.88. The number of ether oxygens (including phenoxy) is 1. The van der Waals surface area contributed by atoms with Crippen molar-refractivity contribution in [1.29, 1.82) is 0 Å². The van der Waals surface area contributed by atoms with Gasteiger partial charge in [0.1, 0.15) is 0 Å². The summed E-state index contributed by atoms with van der Waals surface area (Å²) >= 11 is 0. The Labute approximate surface area is 112 Å². The van der Waals surface area contributed by atoms with Crippen LogP contribution in [0.25, 0.3) is 0 Å². The van der Waals surface area contributed by atoms with Crippen LogP contribution in [0.3, 0.4) is 0 Å². The number of hydrogen-bond donors (Lipinski definition) is 0. The molecule has 1 fully saturated rings. The molecule has 2 rings (SSSR count). The minimum absolute atomic E-state index is 0.211. The van der Waals surface area contributed by atoms with Crippen LogP contribution in [0.15, 0.2) is 30.3 Å². The van der Waals surface area contributed by atoms with Gasteiger partial charge >= 0.3 is 5.97 Å². The molecule has 1 aromatic rings. The third-order valence-electron chi connectivity index (χ3n) is 3.00. The average molecular weight is 263 g/mol. The van der Waals surface area contributed by atoms with Gasteiger partial charge in [0.05, 0.1) is 18.6 Å². The molecule has 0 N–H and O–H groups in total. The Balaban J connectivity index is 2.06. The second-order valence-electron chi connectivity index (χ2n) is 4.38. The van der Waals surface area contributed by atoms with Gasteiger partial charge < -0.3 is 9.57 Å². The number of benzene rings is 1. The molecule has 5 heteroatoms.